The molecule has 0 aliphatic carbocycles. The van der Waals surface area contributed by atoms with E-state index in [2.05, 4.69) is 5.32 Å². The fourth-order valence-corrected chi connectivity index (χ4v) is 2.28. The number of hydrogen-bond donors (Lipinski definition) is 2. The van der Waals surface area contributed by atoms with Crippen molar-refractivity contribution >= 4 is 29.3 Å². The molecule has 1 aromatic carbocycles. The Morgan fingerprint density at radius 3 is 2.42 bits per heavy atom. The van der Waals surface area contributed by atoms with Gasteiger partial charge < -0.3 is 10.4 Å². The van der Waals surface area contributed by atoms with Gasteiger partial charge in [-0.2, -0.15) is 0 Å². The number of carbonyl (C=O) groups excluding carboxylic acids is 1. The van der Waals surface area contributed by atoms with Gasteiger partial charge in [-0.15, -0.1) is 11.8 Å². The van der Waals surface area contributed by atoms with Crippen molar-refractivity contribution in [2.45, 2.75) is 43.7 Å². The molecule has 0 saturated heterocycles. The predicted molar refractivity (Wildman–Crippen MR) is 80.7 cm³/mol. The van der Waals surface area contributed by atoms with Gasteiger partial charge in [0.1, 0.15) is 0 Å². The van der Waals surface area contributed by atoms with Crippen molar-refractivity contribution in [3.05, 3.63) is 29.3 Å². The lowest BCUT2D eigenvalue weighted by molar-refractivity contribution is -0.123. The highest BCUT2D eigenvalue weighted by Crippen LogP contribution is 2.27. The van der Waals surface area contributed by atoms with E-state index in [1.54, 1.807) is 33.8 Å². The molecule has 3 nitrogen and oxygen atoms in total. The van der Waals surface area contributed by atoms with Gasteiger partial charge in [-0.05, 0) is 39.8 Å². The first-order valence-corrected chi connectivity index (χ1v) is 7.40. The molecule has 1 aromatic rings. The summed E-state index contributed by atoms with van der Waals surface area (Å²) in [4.78, 5) is 12.8. The van der Waals surface area contributed by atoms with E-state index in [1.807, 2.05) is 18.2 Å². The molecular formula is C14H20ClNO2S. The summed E-state index contributed by atoms with van der Waals surface area (Å²) in [5.41, 5.74) is -1.68. The third-order valence-corrected chi connectivity index (χ3v) is 4.69. The maximum atomic E-state index is 11.9. The minimum Gasteiger partial charge on any atom is -0.388 e. The molecule has 0 aliphatic rings. The van der Waals surface area contributed by atoms with Crippen molar-refractivity contribution in [2.75, 3.05) is 5.75 Å². The average molecular weight is 302 g/mol. The summed E-state index contributed by atoms with van der Waals surface area (Å²) >= 11 is 7.40. The van der Waals surface area contributed by atoms with Crippen LogP contribution in [0.5, 0.6) is 0 Å². The number of amides is 1. The summed E-state index contributed by atoms with van der Waals surface area (Å²) in [6, 6.07) is 7.40. The summed E-state index contributed by atoms with van der Waals surface area (Å²) in [5.74, 6) is 0.139. The Hall–Kier alpha value is -0.710. The van der Waals surface area contributed by atoms with E-state index < -0.39 is 11.1 Å². The van der Waals surface area contributed by atoms with Gasteiger partial charge in [-0.3, -0.25) is 4.79 Å². The number of rotatable bonds is 5. The average Bonchev–Trinajstić information content (AvgIpc) is 2.26. The Bertz CT molecular complexity index is 455. The highest BCUT2D eigenvalue weighted by molar-refractivity contribution is 8.00. The Kier molecular flexibility index (Phi) is 5.30. The summed E-state index contributed by atoms with van der Waals surface area (Å²) in [6.07, 6.45) is 0. The molecule has 0 saturated carbocycles. The van der Waals surface area contributed by atoms with E-state index in [4.69, 9.17) is 11.6 Å². The quantitative estimate of drug-likeness (QED) is 0.822. The van der Waals surface area contributed by atoms with E-state index in [0.29, 0.717) is 5.02 Å². The molecule has 106 valence electrons. The number of hydrogen-bond acceptors (Lipinski definition) is 3. The zero-order valence-corrected chi connectivity index (χ0v) is 13.2. The van der Waals surface area contributed by atoms with Crippen LogP contribution >= 0.6 is 23.4 Å². The Labute approximate surface area is 123 Å². The molecule has 0 unspecified atom stereocenters. The molecule has 0 spiro atoms. The highest BCUT2D eigenvalue weighted by atomic mass is 35.5. The van der Waals surface area contributed by atoms with Gasteiger partial charge in [0, 0.05) is 4.90 Å². The van der Waals surface area contributed by atoms with Crippen LogP contribution in [0.2, 0.25) is 5.02 Å². The molecule has 19 heavy (non-hydrogen) atoms. The molecule has 0 atom stereocenters. The fourth-order valence-electron chi connectivity index (χ4n) is 1.24. The largest absolute Gasteiger partial charge is 0.388 e. The zero-order chi connectivity index (χ0) is 14.7. The number of halogens is 1. The smallest absolute Gasteiger partial charge is 0.230 e. The molecule has 0 bridgehead atoms. The van der Waals surface area contributed by atoms with Gasteiger partial charge in [-0.25, -0.2) is 0 Å². The van der Waals surface area contributed by atoms with Crippen molar-refractivity contribution in [2.24, 2.45) is 0 Å². The lowest BCUT2D eigenvalue weighted by Gasteiger charge is -2.37. The van der Waals surface area contributed by atoms with E-state index in [9.17, 15) is 9.90 Å². The van der Waals surface area contributed by atoms with Crippen LogP contribution in [-0.2, 0) is 4.79 Å². The van der Waals surface area contributed by atoms with Crippen LogP contribution in [0.4, 0.5) is 0 Å². The molecule has 1 amide bonds. The lowest BCUT2D eigenvalue weighted by Crippen LogP contribution is -2.58. The van der Waals surface area contributed by atoms with Crippen molar-refractivity contribution < 1.29 is 9.90 Å². The van der Waals surface area contributed by atoms with Gasteiger partial charge >= 0.3 is 0 Å². The van der Waals surface area contributed by atoms with Crippen LogP contribution in [0.15, 0.2) is 29.2 Å². The third-order valence-electron chi connectivity index (χ3n) is 3.18. The lowest BCUT2D eigenvalue weighted by atomic mass is 9.86. The summed E-state index contributed by atoms with van der Waals surface area (Å²) < 4.78 is 0. The first kappa shape index (κ1) is 16.3. The number of thioether (sulfide) groups is 1. The number of benzene rings is 1. The molecule has 5 heteroatoms. The van der Waals surface area contributed by atoms with Crippen LogP contribution in [0, 0.1) is 0 Å². The number of carbonyl (C=O) groups is 1. The molecule has 2 N–H and O–H groups in total. The molecule has 0 radical (unpaired) electrons. The maximum absolute atomic E-state index is 11.9. The van der Waals surface area contributed by atoms with Gasteiger partial charge in [-0.1, -0.05) is 23.7 Å². The molecule has 0 fully saturated rings. The van der Waals surface area contributed by atoms with Crippen LogP contribution in [0.25, 0.3) is 0 Å². The molecule has 1 rings (SSSR count). The van der Waals surface area contributed by atoms with Crippen molar-refractivity contribution in [3.8, 4) is 0 Å². The monoisotopic (exact) mass is 301 g/mol. The van der Waals surface area contributed by atoms with Gasteiger partial charge in [0.05, 0.1) is 21.9 Å². The molecule has 0 heterocycles. The minimum atomic E-state index is -0.988. The van der Waals surface area contributed by atoms with E-state index >= 15 is 0 Å². The second kappa shape index (κ2) is 6.16. The topological polar surface area (TPSA) is 49.3 Å². The Balaban J connectivity index is 2.56. The zero-order valence-electron chi connectivity index (χ0n) is 11.7. The van der Waals surface area contributed by atoms with Crippen LogP contribution < -0.4 is 5.32 Å². The molecule has 0 aromatic heterocycles. The fraction of sp³-hybridized carbons (Fsp3) is 0.500. The summed E-state index contributed by atoms with van der Waals surface area (Å²) in [7, 11) is 0. The number of nitrogens with one attached hydrogen (secondary N) is 1. The third kappa shape index (κ3) is 4.71. The van der Waals surface area contributed by atoms with Crippen molar-refractivity contribution in [3.63, 3.8) is 0 Å². The SMILES string of the molecule is CC(C)(O)C(C)(C)NC(=O)CSc1ccccc1Cl. The predicted octanol–water partition coefficient (Wildman–Crippen LogP) is 3.10. The van der Waals surface area contributed by atoms with Crippen LogP contribution in [0.1, 0.15) is 27.7 Å². The Morgan fingerprint density at radius 2 is 1.89 bits per heavy atom. The Morgan fingerprint density at radius 1 is 1.32 bits per heavy atom. The van der Waals surface area contributed by atoms with Crippen molar-refractivity contribution in [1.29, 1.82) is 0 Å². The highest BCUT2D eigenvalue weighted by Gasteiger charge is 2.36. The van der Waals surface area contributed by atoms with Crippen molar-refractivity contribution in [1.82, 2.24) is 5.32 Å². The van der Waals surface area contributed by atoms with Gasteiger partial charge in [0.25, 0.3) is 0 Å². The molecular weight excluding hydrogens is 282 g/mol. The van der Waals surface area contributed by atoms with E-state index in [1.165, 1.54) is 11.8 Å². The normalized spacial score (nSPS) is 12.3. The number of aliphatic hydroxyl groups is 1. The van der Waals surface area contributed by atoms with Gasteiger partial charge in [0.2, 0.25) is 5.91 Å². The maximum Gasteiger partial charge on any atom is 0.230 e. The van der Waals surface area contributed by atoms with Gasteiger partial charge in [0.15, 0.2) is 0 Å². The van der Waals surface area contributed by atoms with E-state index in [0.717, 1.165) is 4.90 Å². The standard InChI is InChI=1S/C14H20ClNO2S/c1-13(2,14(3,4)18)16-12(17)9-19-11-8-6-5-7-10(11)15/h5-8,18H,9H2,1-4H3,(H,16,17). The minimum absolute atomic E-state index is 0.128. The van der Waals surface area contributed by atoms with E-state index in [-0.39, 0.29) is 11.7 Å². The first-order valence-electron chi connectivity index (χ1n) is 6.04. The second-order valence-corrected chi connectivity index (χ2v) is 6.88. The summed E-state index contributed by atoms with van der Waals surface area (Å²) in [6.45, 7) is 6.94. The second-order valence-electron chi connectivity index (χ2n) is 5.45. The van der Waals surface area contributed by atoms with Crippen LogP contribution in [0.3, 0.4) is 0 Å². The molecule has 0 aliphatic heterocycles. The summed E-state index contributed by atoms with van der Waals surface area (Å²) in [5, 5.41) is 13.5. The van der Waals surface area contributed by atoms with Crippen LogP contribution in [-0.4, -0.2) is 27.9 Å². The first-order chi connectivity index (χ1) is 8.63.